The third-order valence-corrected chi connectivity index (χ3v) is 5.90. The molecule has 2 heterocycles. The molecule has 0 radical (unpaired) electrons. The van der Waals surface area contributed by atoms with Crippen molar-refractivity contribution in [3.8, 4) is 0 Å². The van der Waals surface area contributed by atoms with Crippen molar-refractivity contribution < 1.29 is 9.59 Å². The third-order valence-electron chi connectivity index (χ3n) is 4.53. The van der Waals surface area contributed by atoms with Crippen molar-refractivity contribution in [2.45, 2.75) is 13.5 Å². The monoisotopic (exact) mass is 406 g/mol. The molecule has 8 heteroatoms. The Morgan fingerprint density at radius 2 is 1.93 bits per heavy atom. The zero-order valence-electron chi connectivity index (χ0n) is 15.7. The number of hydrogen-bond donors (Lipinski definition) is 0. The van der Waals surface area contributed by atoms with Crippen LogP contribution >= 0.6 is 22.9 Å². The van der Waals surface area contributed by atoms with Crippen molar-refractivity contribution in [3.05, 3.63) is 50.4 Å². The van der Waals surface area contributed by atoms with Crippen molar-refractivity contribution in [1.29, 1.82) is 0 Å². The summed E-state index contributed by atoms with van der Waals surface area (Å²) in [5.74, 6) is 0.00861. The van der Waals surface area contributed by atoms with Gasteiger partial charge in [0, 0.05) is 50.9 Å². The van der Waals surface area contributed by atoms with E-state index in [2.05, 4.69) is 9.88 Å². The lowest BCUT2D eigenvalue weighted by atomic mass is 10.2. The third kappa shape index (κ3) is 4.66. The highest BCUT2D eigenvalue weighted by molar-refractivity contribution is 7.13. The van der Waals surface area contributed by atoms with E-state index >= 15 is 0 Å². The van der Waals surface area contributed by atoms with Crippen molar-refractivity contribution in [2.75, 3.05) is 40.3 Å². The summed E-state index contributed by atoms with van der Waals surface area (Å²) in [6.45, 7) is 5.46. The fraction of sp³-hybridized carbons (Fsp3) is 0.421. The van der Waals surface area contributed by atoms with Gasteiger partial charge in [0.25, 0.3) is 11.8 Å². The van der Waals surface area contributed by atoms with Gasteiger partial charge in [0.05, 0.1) is 12.2 Å². The minimum Gasteiger partial charge on any atom is -0.344 e. The van der Waals surface area contributed by atoms with Crippen LogP contribution in [0.5, 0.6) is 0 Å². The van der Waals surface area contributed by atoms with Gasteiger partial charge in [-0.05, 0) is 25.1 Å². The van der Waals surface area contributed by atoms with E-state index in [1.807, 2.05) is 11.8 Å². The first-order valence-electron chi connectivity index (χ1n) is 8.80. The van der Waals surface area contributed by atoms with Crippen LogP contribution in [0.3, 0.4) is 0 Å². The number of benzene rings is 1. The highest BCUT2D eigenvalue weighted by Gasteiger charge is 2.24. The molecule has 0 atom stereocenters. The number of thiazole rings is 1. The van der Waals surface area contributed by atoms with Crippen molar-refractivity contribution in [2.24, 2.45) is 0 Å². The predicted molar refractivity (Wildman–Crippen MR) is 108 cm³/mol. The number of amides is 2. The molecule has 1 aliphatic heterocycles. The second-order valence-corrected chi connectivity index (χ2v) is 8.32. The Hall–Kier alpha value is -1.96. The quantitative estimate of drug-likeness (QED) is 0.783. The smallest absolute Gasteiger partial charge is 0.265 e. The molecule has 0 unspecified atom stereocenters. The average molecular weight is 407 g/mol. The molecule has 0 N–H and O–H groups in total. The van der Waals surface area contributed by atoms with Gasteiger partial charge >= 0.3 is 0 Å². The predicted octanol–water partition coefficient (Wildman–Crippen LogP) is 2.76. The Bertz CT molecular complexity index is 844. The average Bonchev–Trinajstić information content (AvgIpc) is 3.01. The molecule has 6 nitrogen and oxygen atoms in total. The molecule has 1 aliphatic rings. The Morgan fingerprint density at radius 1 is 1.22 bits per heavy atom. The first kappa shape index (κ1) is 19.8. The molecule has 0 bridgehead atoms. The molecule has 1 saturated heterocycles. The molecule has 2 amide bonds. The Morgan fingerprint density at radius 3 is 2.56 bits per heavy atom. The van der Waals surface area contributed by atoms with E-state index in [0.29, 0.717) is 35.1 Å². The zero-order chi connectivity index (χ0) is 19.6. The van der Waals surface area contributed by atoms with Crippen molar-refractivity contribution in [3.63, 3.8) is 0 Å². The second kappa shape index (κ2) is 8.37. The number of rotatable bonds is 4. The van der Waals surface area contributed by atoms with E-state index in [-0.39, 0.29) is 11.8 Å². The van der Waals surface area contributed by atoms with E-state index in [4.69, 9.17) is 11.6 Å². The molecule has 1 aromatic carbocycles. The number of piperazine rings is 1. The molecule has 1 fully saturated rings. The summed E-state index contributed by atoms with van der Waals surface area (Å²) < 4.78 is 0. The van der Waals surface area contributed by atoms with Crippen molar-refractivity contribution in [1.82, 2.24) is 19.7 Å². The van der Waals surface area contributed by atoms with Gasteiger partial charge in [-0.3, -0.25) is 14.5 Å². The fourth-order valence-corrected chi connectivity index (χ4v) is 4.34. The molecule has 27 heavy (non-hydrogen) atoms. The molecular formula is C19H23ClN4O2S. The topological polar surface area (TPSA) is 56.8 Å². The maximum absolute atomic E-state index is 12.6. The van der Waals surface area contributed by atoms with Gasteiger partial charge in [-0.15, -0.1) is 11.3 Å². The number of aromatic nitrogens is 1. The number of nitrogens with zero attached hydrogens (tertiary/aromatic N) is 4. The molecule has 3 rings (SSSR count). The van der Waals surface area contributed by atoms with Gasteiger partial charge in [0.1, 0.15) is 9.88 Å². The van der Waals surface area contributed by atoms with Crippen LogP contribution in [-0.2, 0) is 6.54 Å². The van der Waals surface area contributed by atoms with Gasteiger partial charge in [-0.1, -0.05) is 17.7 Å². The molecular weight excluding hydrogens is 384 g/mol. The lowest BCUT2D eigenvalue weighted by Crippen LogP contribution is -2.48. The van der Waals surface area contributed by atoms with Crippen LogP contribution in [0, 0.1) is 6.92 Å². The maximum Gasteiger partial charge on any atom is 0.265 e. The van der Waals surface area contributed by atoms with Crippen LogP contribution < -0.4 is 0 Å². The zero-order valence-corrected chi connectivity index (χ0v) is 17.3. The summed E-state index contributed by atoms with van der Waals surface area (Å²) in [6.07, 6.45) is 0. The number of hydrogen-bond acceptors (Lipinski definition) is 5. The number of carbonyl (C=O) groups excluding carboxylic acids is 2. The van der Waals surface area contributed by atoms with Gasteiger partial charge in [0.2, 0.25) is 0 Å². The lowest BCUT2D eigenvalue weighted by molar-refractivity contribution is 0.0628. The highest BCUT2D eigenvalue weighted by atomic mass is 35.5. The maximum atomic E-state index is 12.6. The van der Waals surface area contributed by atoms with Gasteiger partial charge in [0.15, 0.2) is 0 Å². The molecule has 1 aromatic heterocycles. The molecule has 2 aromatic rings. The van der Waals surface area contributed by atoms with Crippen LogP contribution in [0.15, 0.2) is 24.3 Å². The second-order valence-electron chi connectivity index (χ2n) is 6.80. The highest BCUT2D eigenvalue weighted by Crippen LogP contribution is 2.22. The normalized spacial score (nSPS) is 15.0. The van der Waals surface area contributed by atoms with Gasteiger partial charge < -0.3 is 9.80 Å². The summed E-state index contributed by atoms with van der Waals surface area (Å²) in [4.78, 5) is 35.7. The largest absolute Gasteiger partial charge is 0.344 e. The Kier molecular flexibility index (Phi) is 6.14. The number of carbonyl (C=O) groups is 2. The minimum absolute atomic E-state index is 0.00631. The number of halogens is 1. The van der Waals surface area contributed by atoms with E-state index in [9.17, 15) is 9.59 Å². The summed E-state index contributed by atoms with van der Waals surface area (Å²) >= 11 is 7.44. The van der Waals surface area contributed by atoms with Gasteiger partial charge in [-0.25, -0.2) is 4.98 Å². The van der Waals surface area contributed by atoms with E-state index in [1.54, 1.807) is 43.3 Å². The first-order valence-corrected chi connectivity index (χ1v) is 9.99. The molecule has 0 aliphatic carbocycles. The summed E-state index contributed by atoms with van der Waals surface area (Å²) in [6, 6.07) is 7.06. The first-order chi connectivity index (χ1) is 12.8. The van der Waals surface area contributed by atoms with Crippen LogP contribution in [0.2, 0.25) is 5.02 Å². The molecule has 144 valence electrons. The van der Waals surface area contributed by atoms with Crippen molar-refractivity contribution >= 4 is 34.8 Å². The lowest BCUT2D eigenvalue weighted by Gasteiger charge is -2.34. The van der Waals surface area contributed by atoms with Crippen LogP contribution in [-0.4, -0.2) is 71.8 Å². The summed E-state index contributed by atoms with van der Waals surface area (Å²) in [5.41, 5.74) is 1.40. The SMILES string of the molecule is Cc1nc(CN2CCN(C(=O)c3cccc(Cl)c3)CC2)sc1C(=O)N(C)C. The van der Waals surface area contributed by atoms with Crippen LogP contribution in [0.25, 0.3) is 0 Å². The van der Waals surface area contributed by atoms with E-state index in [0.717, 1.165) is 23.8 Å². The summed E-state index contributed by atoms with van der Waals surface area (Å²) in [7, 11) is 3.49. The van der Waals surface area contributed by atoms with Crippen LogP contribution in [0.1, 0.15) is 30.7 Å². The van der Waals surface area contributed by atoms with E-state index in [1.165, 1.54) is 11.3 Å². The minimum atomic E-state index is -0.00631. The Balaban J connectivity index is 1.58. The fourth-order valence-electron chi connectivity index (χ4n) is 3.03. The molecule has 0 saturated carbocycles. The Labute approximate surface area is 168 Å². The number of aryl methyl sites for hydroxylation is 1. The summed E-state index contributed by atoms with van der Waals surface area (Å²) in [5, 5.41) is 1.51. The standard InChI is InChI=1S/C19H23ClN4O2S/c1-13-17(19(26)22(2)3)27-16(21-13)12-23-7-9-24(10-8-23)18(25)14-5-4-6-15(20)11-14/h4-6,11H,7-10,12H2,1-3H3. The van der Waals surface area contributed by atoms with Gasteiger partial charge in [-0.2, -0.15) is 0 Å². The van der Waals surface area contributed by atoms with E-state index < -0.39 is 0 Å². The van der Waals surface area contributed by atoms with Crippen LogP contribution in [0.4, 0.5) is 0 Å². The molecule has 0 spiro atoms.